The summed E-state index contributed by atoms with van der Waals surface area (Å²) in [6.45, 7) is 1.84. The van der Waals surface area contributed by atoms with E-state index < -0.39 is 11.7 Å². The largest absolute Gasteiger partial charge is 0.493 e. The van der Waals surface area contributed by atoms with Crippen LogP contribution in [0, 0.1) is 11.8 Å². The Balaban J connectivity index is 2.02. The van der Waals surface area contributed by atoms with E-state index in [0.717, 1.165) is 12.5 Å². The Morgan fingerprint density at radius 2 is 2.10 bits per heavy atom. The average Bonchev–Trinajstić information content (AvgIpc) is 2.93. The molecule has 1 aliphatic rings. The van der Waals surface area contributed by atoms with Gasteiger partial charge in [-0.15, -0.1) is 0 Å². The van der Waals surface area contributed by atoms with E-state index in [1.165, 1.54) is 18.2 Å². The van der Waals surface area contributed by atoms with Crippen LogP contribution in [-0.2, 0) is 10.9 Å². The smallest absolute Gasteiger partial charge is 0.419 e. The molecule has 1 fully saturated rings. The summed E-state index contributed by atoms with van der Waals surface area (Å²) in [6, 6.07) is 5.23. The highest BCUT2D eigenvalue weighted by molar-refractivity contribution is 5.35. The first kappa shape index (κ1) is 15.1. The quantitative estimate of drug-likeness (QED) is 0.906. The van der Waals surface area contributed by atoms with Crippen molar-refractivity contribution in [3.63, 3.8) is 0 Å². The average molecular weight is 289 g/mol. The van der Waals surface area contributed by atoms with E-state index in [1.807, 2.05) is 0 Å². The zero-order chi connectivity index (χ0) is 14.6. The number of benzene rings is 1. The molecule has 1 aromatic carbocycles. The molecule has 2 rings (SSSR count). The van der Waals surface area contributed by atoms with Gasteiger partial charge in [0.2, 0.25) is 0 Å². The van der Waals surface area contributed by atoms with Gasteiger partial charge in [-0.2, -0.15) is 13.2 Å². The van der Waals surface area contributed by atoms with Gasteiger partial charge < -0.3 is 15.2 Å². The molecule has 0 aliphatic carbocycles. The summed E-state index contributed by atoms with van der Waals surface area (Å²) in [5.41, 5.74) is 4.93. The van der Waals surface area contributed by atoms with E-state index >= 15 is 0 Å². The molecule has 1 saturated heterocycles. The Bertz CT molecular complexity index is 431. The maximum atomic E-state index is 12.8. The van der Waals surface area contributed by atoms with Crippen molar-refractivity contribution in [2.75, 3.05) is 26.4 Å². The number of alkyl halides is 3. The minimum absolute atomic E-state index is 0.0128. The van der Waals surface area contributed by atoms with Gasteiger partial charge >= 0.3 is 6.18 Å². The molecule has 0 saturated carbocycles. The lowest BCUT2D eigenvalue weighted by Gasteiger charge is -2.22. The molecule has 0 bridgehead atoms. The number of halogens is 3. The molecule has 2 N–H and O–H groups in total. The number of para-hydroxylation sites is 1. The standard InChI is InChI=1S/C14H18F3NO2/c15-14(16,17)12-3-1-2-4-13(12)20-9-11(7-18)10-5-6-19-8-10/h1-4,10-11H,5-9,18H2. The number of ether oxygens (including phenoxy) is 2. The minimum Gasteiger partial charge on any atom is -0.493 e. The van der Waals surface area contributed by atoms with E-state index in [1.54, 1.807) is 0 Å². The summed E-state index contributed by atoms with van der Waals surface area (Å²) in [5.74, 6) is 0.134. The van der Waals surface area contributed by atoms with E-state index in [2.05, 4.69) is 0 Å². The van der Waals surface area contributed by atoms with Crippen LogP contribution < -0.4 is 10.5 Å². The normalized spacial score (nSPS) is 20.9. The van der Waals surface area contributed by atoms with Crippen LogP contribution in [0.1, 0.15) is 12.0 Å². The third kappa shape index (κ3) is 3.64. The van der Waals surface area contributed by atoms with Gasteiger partial charge in [0.25, 0.3) is 0 Å². The van der Waals surface area contributed by atoms with Crippen LogP contribution in [0.5, 0.6) is 5.75 Å². The molecule has 0 amide bonds. The molecule has 0 radical (unpaired) electrons. The van der Waals surface area contributed by atoms with Gasteiger partial charge in [-0.05, 0) is 31.0 Å². The second kappa shape index (κ2) is 6.45. The van der Waals surface area contributed by atoms with Crippen molar-refractivity contribution in [2.24, 2.45) is 17.6 Å². The molecule has 1 aliphatic heterocycles. The summed E-state index contributed by atoms with van der Waals surface area (Å²) in [7, 11) is 0. The van der Waals surface area contributed by atoms with Crippen molar-refractivity contribution in [1.82, 2.24) is 0 Å². The highest BCUT2D eigenvalue weighted by atomic mass is 19.4. The van der Waals surface area contributed by atoms with Crippen LogP contribution >= 0.6 is 0 Å². The zero-order valence-corrected chi connectivity index (χ0v) is 11.0. The lowest BCUT2D eigenvalue weighted by molar-refractivity contribution is -0.139. The monoisotopic (exact) mass is 289 g/mol. The summed E-state index contributed by atoms with van der Waals surface area (Å²) >= 11 is 0. The Labute approximate surface area is 115 Å². The highest BCUT2D eigenvalue weighted by Crippen LogP contribution is 2.36. The third-order valence-corrected chi connectivity index (χ3v) is 3.58. The van der Waals surface area contributed by atoms with Gasteiger partial charge in [0.1, 0.15) is 5.75 Å². The van der Waals surface area contributed by atoms with Crippen LogP contribution in [0.25, 0.3) is 0 Å². The molecular formula is C14H18F3NO2. The maximum absolute atomic E-state index is 12.8. The van der Waals surface area contributed by atoms with Gasteiger partial charge in [-0.1, -0.05) is 12.1 Å². The first-order valence-electron chi connectivity index (χ1n) is 6.59. The van der Waals surface area contributed by atoms with Crippen molar-refractivity contribution in [2.45, 2.75) is 12.6 Å². The van der Waals surface area contributed by atoms with Crippen LogP contribution in [0.3, 0.4) is 0 Å². The molecule has 112 valence electrons. The van der Waals surface area contributed by atoms with Crippen LogP contribution in [0.2, 0.25) is 0 Å². The SMILES string of the molecule is NCC(COc1ccccc1C(F)(F)F)C1CCOC1. The van der Waals surface area contributed by atoms with Crippen molar-refractivity contribution in [3.8, 4) is 5.75 Å². The fourth-order valence-electron chi connectivity index (χ4n) is 2.34. The van der Waals surface area contributed by atoms with Crippen LogP contribution in [0.4, 0.5) is 13.2 Å². The van der Waals surface area contributed by atoms with Crippen molar-refractivity contribution in [1.29, 1.82) is 0 Å². The second-order valence-electron chi connectivity index (χ2n) is 4.92. The van der Waals surface area contributed by atoms with Gasteiger partial charge in [-0.25, -0.2) is 0 Å². The van der Waals surface area contributed by atoms with Gasteiger partial charge in [0.15, 0.2) is 0 Å². The molecule has 2 unspecified atom stereocenters. The van der Waals surface area contributed by atoms with Crippen molar-refractivity contribution >= 4 is 0 Å². The van der Waals surface area contributed by atoms with Gasteiger partial charge in [-0.3, -0.25) is 0 Å². The third-order valence-electron chi connectivity index (χ3n) is 3.58. The fourth-order valence-corrected chi connectivity index (χ4v) is 2.34. The van der Waals surface area contributed by atoms with Crippen molar-refractivity contribution in [3.05, 3.63) is 29.8 Å². The van der Waals surface area contributed by atoms with E-state index in [0.29, 0.717) is 19.8 Å². The molecule has 2 atom stereocenters. The second-order valence-corrected chi connectivity index (χ2v) is 4.92. The molecule has 0 spiro atoms. The number of rotatable bonds is 5. The molecule has 1 aromatic rings. The molecule has 3 nitrogen and oxygen atoms in total. The summed E-state index contributed by atoms with van der Waals surface area (Å²) in [4.78, 5) is 0. The highest BCUT2D eigenvalue weighted by Gasteiger charge is 2.34. The predicted octanol–water partition coefficient (Wildman–Crippen LogP) is 2.70. The van der Waals surface area contributed by atoms with Crippen molar-refractivity contribution < 1.29 is 22.6 Å². The lowest BCUT2D eigenvalue weighted by atomic mass is 9.92. The van der Waals surface area contributed by atoms with E-state index in [4.69, 9.17) is 15.2 Å². The summed E-state index contributed by atoms with van der Waals surface area (Å²) in [5, 5.41) is 0. The van der Waals surface area contributed by atoms with Gasteiger partial charge in [0.05, 0.1) is 12.2 Å². The number of hydrogen-bond acceptors (Lipinski definition) is 3. The molecular weight excluding hydrogens is 271 g/mol. The Kier molecular flexibility index (Phi) is 4.88. The van der Waals surface area contributed by atoms with E-state index in [9.17, 15) is 13.2 Å². The predicted molar refractivity (Wildman–Crippen MR) is 68.4 cm³/mol. The Morgan fingerprint density at radius 3 is 2.70 bits per heavy atom. The Morgan fingerprint density at radius 1 is 1.35 bits per heavy atom. The Hall–Kier alpha value is -1.27. The first-order chi connectivity index (χ1) is 9.52. The topological polar surface area (TPSA) is 44.5 Å². The fraction of sp³-hybridized carbons (Fsp3) is 0.571. The lowest BCUT2D eigenvalue weighted by Crippen LogP contribution is -2.29. The summed E-state index contributed by atoms with van der Waals surface area (Å²) in [6.07, 6.45) is -3.53. The summed E-state index contributed by atoms with van der Waals surface area (Å²) < 4.78 is 49.1. The molecule has 6 heteroatoms. The molecule has 1 heterocycles. The first-order valence-corrected chi connectivity index (χ1v) is 6.59. The van der Waals surface area contributed by atoms with Gasteiger partial charge in [0, 0.05) is 19.1 Å². The van der Waals surface area contributed by atoms with Crippen LogP contribution in [-0.4, -0.2) is 26.4 Å². The minimum atomic E-state index is -4.41. The van der Waals surface area contributed by atoms with E-state index in [-0.39, 0.29) is 24.2 Å². The number of nitrogens with two attached hydrogens (primary N) is 1. The number of hydrogen-bond donors (Lipinski definition) is 1. The molecule has 20 heavy (non-hydrogen) atoms. The molecule has 0 aromatic heterocycles. The zero-order valence-electron chi connectivity index (χ0n) is 11.0. The van der Waals surface area contributed by atoms with Crippen LogP contribution in [0.15, 0.2) is 24.3 Å². The maximum Gasteiger partial charge on any atom is 0.419 e.